The molecule has 1 fully saturated rings. The van der Waals surface area contributed by atoms with Gasteiger partial charge in [-0.25, -0.2) is 4.79 Å². The normalized spacial score (nSPS) is 13.6. The number of anilines is 1. The number of nitrogens with zero attached hydrogens (tertiary/aromatic N) is 2. The number of amides is 1. The first kappa shape index (κ1) is 16.0. The van der Waals surface area contributed by atoms with Crippen LogP contribution in [0.15, 0.2) is 24.4 Å². The molecule has 1 aromatic heterocycles. The Bertz CT molecular complexity index is 793. The average Bonchev–Trinajstić information content (AvgIpc) is 3.33. The van der Waals surface area contributed by atoms with Gasteiger partial charge in [-0.3, -0.25) is 9.48 Å². The number of aryl methyl sites for hydroxylation is 1. The van der Waals surface area contributed by atoms with E-state index in [0.29, 0.717) is 23.7 Å². The third-order valence-corrected chi connectivity index (χ3v) is 4.01. The number of aromatic nitrogens is 2. The highest BCUT2D eigenvalue weighted by Crippen LogP contribution is 2.41. The molecule has 0 spiro atoms. The largest absolute Gasteiger partial charge is 0.496 e. The molecule has 0 bridgehead atoms. The molecule has 7 heteroatoms. The highest BCUT2D eigenvalue weighted by Gasteiger charge is 2.31. The maximum atomic E-state index is 12.6. The van der Waals surface area contributed by atoms with E-state index in [4.69, 9.17) is 9.84 Å². The van der Waals surface area contributed by atoms with E-state index in [1.54, 1.807) is 16.9 Å². The number of carboxylic acids is 1. The van der Waals surface area contributed by atoms with E-state index in [1.165, 1.54) is 19.2 Å². The van der Waals surface area contributed by atoms with Crippen molar-refractivity contribution in [3.63, 3.8) is 0 Å². The van der Waals surface area contributed by atoms with Crippen molar-refractivity contribution in [2.75, 3.05) is 12.4 Å². The lowest BCUT2D eigenvalue weighted by atomic mass is 10.1. The first-order valence-electron chi connectivity index (χ1n) is 7.83. The number of hydrogen-bond acceptors (Lipinski definition) is 4. The lowest BCUT2D eigenvalue weighted by Crippen LogP contribution is -2.13. The van der Waals surface area contributed by atoms with Crippen LogP contribution in [0.5, 0.6) is 5.75 Å². The molecule has 3 rings (SSSR count). The molecular formula is C17H19N3O4. The zero-order valence-corrected chi connectivity index (χ0v) is 13.6. The highest BCUT2D eigenvalue weighted by atomic mass is 16.5. The molecule has 0 atom stereocenters. The summed E-state index contributed by atoms with van der Waals surface area (Å²) in [5.74, 6) is -0.763. The van der Waals surface area contributed by atoms with Gasteiger partial charge in [-0.1, -0.05) is 0 Å². The standard InChI is InChI=1S/C17H19N3O4/c1-3-20-9-13(15(19-20)10-4-5-10)16(21)18-11-6-7-12(17(22)23)14(8-11)24-2/h6-10H,3-5H2,1-2H3,(H,18,21)(H,22,23). The van der Waals surface area contributed by atoms with E-state index in [1.807, 2.05) is 6.92 Å². The third kappa shape index (κ3) is 3.10. The summed E-state index contributed by atoms with van der Waals surface area (Å²) < 4.78 is 6.84. The number of aromatic carboxylic acids is 1. The van der Waals surface area contributed by atoms with Gasteiger partial charge < -0.3 is 15.2 Å². The molecule has 1 aliphatic rings. The quantitative estimate of drug-likeness (QED) is 0.850. The zero-order valence-electron chi connectivity index (χ0n) is 13.6. The van der Waals surface area contributed by atoms with Gasteiger partial charge in [0.15, 0.2) is 0 Å². The van der Waals surface area contributed by atoms with Gasteiger partial charge in [0.05, 0.1) is 18.4 Å². The molecule has 1 heterocycles. The van der Waals surface area contributed by atoms with Gasteiger partial charge in [0.25, 0.3) is 5.91 Å². The summed E-state index contributed by atoms with van der Waals surface area (Å²) in [4.78, 5) is 23.7. The predicted molar refractivity (Wildman–Crippen MR) is 87.8 cm³/mol. The van der Waals surface area contributed by atoms with Crippen LogP contribution in [-0.2, 0) is 6.54 Å². The van der Waals surface area contributed by atoms with Crippen molar-refractivity contribution < 1.29 is 19.4 Å². The van der Waals surface area contributed by atoms with Crippen LogP contribution in [-0.4, -0.2) is 33.9 Å². The highest BCUT2D eigenvalue weighted by molar-refractivity contribution is 6.05. The van der Waals surface area contributed by atoms with Crippen molar-refractivity contribution in [2.45, 2.75) is 32.2 Å². The predicted octanol–water partition coefficient (Wildman–Crippen LogP) is 2.74. The minimum absolute atomic E-state index is 0.0490. The fourth-order valence-electron chi connectivity index (χ4n) is 2.58. The summed E-state index contributed by atoms with van der Waals surface area (Å²) >= 11 is 0. The second-order valence-corrected chi connectivity index (χ2v) is 5.73. The van der Waals surface area contributed by atoms with Gasteiger partial charge >= 0.3 is 5.97 Å². The van der Waals surface area contributed by atoms with Crippen LogP contribution in [0.2, 0.25) is 0 Å². The molecule has 2 N–H and O–H groups in total. The smallest absolute Gasteiger partial charge is 0.339 e. The van der Waals surface area contributed by atoms with Crippen molar-refractivity contribution in [2.24, 2.45) is 0 Å². The SMILES string of the molecule is CCn1cc(C(=O)Nc2ccc(C(=O)O)c(OC)c2)c(C2CC2)n1. The van der Waals surface area contributed by atoms with Crippen LogP contribution < -0.4 is 10.1 Å². The first-order chi connectivity index (χ1) is 11.5. The number of hydrogen-bond donors (Lipinski definition) is 2. The van der Waals surface area contributed by atoms with Crippen LogP contribution in [0.4, 0.5) is 5.69 Å². The Labute approximate surface area is 139 Å². The average molecular weight is 329 g/mol. The number of carboxylic acid groups (broad SMARTS) is 1. The molecular weight excluding hydrogens is 310 g/mol. The Balaban J connectivity index is 1.85. The summed E-state index contributed by atoms with van der Waals surface area (Å²) in [7, 11) is 1.39. The second kappa shape index (κ2) is 6.35. The number of methoxy groups -OCH3 is 1. The third-order valence-electron chi connectivity index (χ3n) is 4.01. The minimum atomic E-state index is -1.08. The van der Waals surface area contributed by atoms with Crippen LogP contribution in [0.1, 0.15) is 52.1 Å². The van der Waals surface area contributed by atoms with Crippen molar-refractivity contribution in [1.82, 2.24) is 9.78 Å². The van der Waals surface area contributed by atoms with Gasteiger partial charge in [0.2, 0.25) is 0 Å². The van der Waals surface area contributed by atoms with Crippen LogP contribution in [0.3, 0.4) is 0 Å². The van der Waals surface area contributed by atoms with Gasteiger partial charge in [-0.05, 0) is 31.9 Å². The number of carbonyl (C=O) groups excluding carboxylic acids is 1. The zero-order chi connectivity index (χ0) is 17.3. The van der Waals surface area contributed by atoms with E-state index in [2.05, 4.69) is 10.4 Å². The maximum Gasteiger partial charge on any atom is 0.339 e. The Morgan fingerprint density at radius 1 is 1.38 bits per heavy atom. The van der Waals surface area contributed by atoms with Gasteiger partial charge in [-0.15, -0.1) is 0 Å². The van der Waals surface area contributed by atoms with Crippen molar-refractivity contribution in [3.05, 3.63) is 41.2 Å². The van der Waals surface area contributed by atoms with Crippen LogP contribution in [0, 0.1) is 0 Å². The summed E-state index contributed by atoms with van der Waals surface area (Å²) in [6.07, 6.45) is 3.87. The molecule has 1 amide bonds. The molecule has 126 valence electrons. The molecule has 7 nitrogen and oxygen atoms in total. The topological polar surface area (TPSA) is 93.5 Å². The lowest BCUT2D eigenvalue weighted by Gasteiger charge is -2.09. The van der Waals surface area contributed by atoms with E-state index in [-0.39, 0.29) is 17.2 Å². The van der Waals surface area contributed by atoms with Crippen LogP contribution in [0.25, 0.3) is 0 Å². The van der Waals surface area contributed by atoms with Crippen molar-refractivity contribution >= 4 is 17.6 Å². The molecule has 1 saturated carbocycles. The maximum absolute atomic E-state index is 12.6. The molecule has 1 aromatic carbocycles. The molecule has 2 aromatic rings. The van der Waals surface area contributed by atoms with Crippen molar-refractivity contribution in [1.29, 1.82) is 0 Å². The molecule has 0 aliphatic heterocycles. The summed E-state index contributed by atoms with van der Waals surface area (Å²) in [5.41, 5.74) is 1.94. The fraction of sp³-hybridized carbons (Fsp3) is 0.353. The Kier molecular flexibility index (Phi) is 4.24. The Morgan fingerprint density at radius 2 is 2.12 bits per heavy atom. The number of ether oxygens (including phenoxy) is 1. The van der Waals surface area contributed by atoms with E-state index in [9.17, 15) is 9.59 Å². The Hall–Kier alpha value is -2.83. The van der Waals surface area contributed by atoms with E-state index >= 15 is 0 Å². The van der Waals surface area contributed by atoms with E-state index in [0.717, 1.165) is 18.5 Å². The molecule has 1 aliphatic carbocycles. The number of rotatable bonds is 6. The van der Waals surface area contributed by atoms with Crippen LogP contribution >= 0.6 is 0 Å². The molecule has 0 unspecified atom stereocenters. The summed E-state index contributed by atoms with van der Waals surface area (Å²) in [6.45, 7) is 2.68. The summed E-state index contributed by atoms with van der Waals surface area (Å²) in [5, 5.41) is 16.4. The van der Waals surface area contributed by atoms with Crippen molar-refractivity contribution in [3.8, 4) is 5.75 Å². The molecule has 0 saturated heterocycles. The van der Waals surface area contributed by atoms with E-state index < -0.39 is 5.97 Å². The monoisotopic (exact) mass is 329 g/mol. The second-order valence-electron chi connectivity index (χ2n) is 5.73. The number of carbonyl (C=O) groups is 2. The minimum Gasteiger partial charge on any atom is -0.496 e. The lowest BCUT2D eigenvalue weighted by molar-refractivity contribution is 0.0693. The summed E-state index contributed by atoms with van der Waals surface area (Å²) in [6, 6.07) is 4.46. The van der Waals surface area contributed by atoms with Gasteiger partial charge in [-0.2, -0.15) is 5.10 Å². The number of nitrogens with one attached hydrogen (secondary N) is 1. The Morgan fingerprint density at radius 3 is 2.71 bits per heavy atom. The molecule has 24 heavy (non-hydrogen) atoms. The first-order valence-corrected chi connectivity index (χ1v) is 7.83. The number of benzene rings is 1. The fourth-order valence-corrected chi connectivity index (χ4v) is 2.58. The van der Waals surface area contributed by atoms with Gasteiger partial charge in [0.1, 0.15) is 11.3 Å². The van der Waals surface area contributed by atoms with Gasteiger partial charge in [0, 0.05) is 30.4 Å². The molecule has 0 radical (unpaired) electrons.